The minimum Gasteiger partial charge on any atom is -0.383 e. The largest absolute Gasteiger partial charge is 0.383 e. The van der Waals surface area contributed by atoms with Crippen LogP contribution in [-0.4, -0.2) is 23.1 Å². The smallest absolute Gasteiger partial charge is 0.137 e. The first-order chi connectivity index (χ1) is 9.32. The molecule has 1 saturated carbocycles. The fourth-order valence-electron chi connectivity index (χ4n) is 3.18. The average molecular weight is 276 g/mol. The molecule has 1 fully saturated rings. The van der Waals surface area contributed by atoms with E-state index in [2.05, 4.69) is 49.6 Å². The Labute approximate surface area is 122 Å². The molecule has 0 amide bonds. The number of hydrogen-bond acceptors (Lipinski definition) is 4. The van der Waals surface area contributed by atoms with Crippen molar-refractivity contribution in [2.75, 3.05) is 17.7 Å². The van der Waals surface area contributed by atoms with Gasteiger partial charge in [-0.3, -0.25) is 0 Å². The van der Waals surface area contributed by atoms with Crippen molar-refractivity contribution in [2.24, 2.45) is 5.41 Å². The van der Waals surface area contributed by atoms with Crippen molar-refractivity contribution in [3.63, 3.8) is 0 Å². The topological polar surface area (TPSA) is 55.0 Å². The Morgan fingerprint density at radius 3 is 2.40 bits per heavy atom. The molecule has 1 aliphatic rings. The minimum atomic E-state index is 0.341. The molecule has 20 heavy (non-hydrogen) atoms. The van der Waals surface area contributed by atoms with Crippen molar-refractivity contribution < 1.29 is 0 Å². The number of nitrogens with two attached hydrogens (primary N) is 1. The molecule has 112 valence electrons. The fourth-order valence-corrected chi connectivity index (χ4v) is 3.18. The van der Waals surface area contributed by atoms with Crippen molar-refractivity contribution in [1.82, 2.24) is 9.97 Å². The molecule has 2 rings (SSSR count). The van der Waals surface area contributed by atoms with Gasteiger partial charge in [0.25, 0.3) is 0 Å². The lowest BCUT2D eigenvalue weighted by atomic mass is 9.75. The van der Waals surface area contributed by atoms with Crippen molar-refractivity contribution in [3.8, 4) is 0 Å². The summed E-state index contributed by atoms with van der Waals surface area (Å²) < 4.78 is 0. The van der Waals surface area contributed by atoms with Gasteiger partial charge in [0.05, 0.1) is 0 Å². The molecule has 4 nitrogen and oxygen atoms in total. The lowest BCUT2D eigenvalue weighted by Crippen LogP contribution is -2.38. The van der Waals surface area contributed by atoms with Crippen LogP contribution in [0, 0.1) is 5.41 Å². The molecule has 0 radical (unpaired) electrons. The summed E-state index contributed by atoms with van der Waals surface area (Å²) in [6, 6.07) is 0.565. The molecule has 0 aromatic carbocycles. The Hall–Kier alpha value is -1.32. The van der Waals surface area contributed by atoms with Crippen LogP contribution in [0.15, 0.2) is 6.33 Å². The van der Waals surface area contributed by atoms with Crippen LogP contribution >= 0.6 is 0 Å². The van der Waals surface area contributed by atoms with Gasteiger partial charge in [-0.25, -0.2) is 9.97 Å². The highest BCUT2D eigenvalue weighted by Gasteiger charge is 2.30. The van der Waals surface area contributed by atoms with E-state index >= 15 is 0 Å². The zero-order valence-electron chi connectivity index (χ0n) is 13.5. The summed E-state index contributed by atoms with van der Waals surface area (Å²) in [6.07, 6.45) is 6.59. The first-order valence-electron chi connectivity index (χ1n) is 7.65. The summed E-state index contributed by atoms with van der Waals surface area (Å²) in [5.41, 5.74) is 7.63. The van der Waals surface area contributed by atoms with E-state index in [0.717, 1.165) is 11.4 Å². The third kappa shape index (κ3) is 3.05. The summed E-state index contributed by atoms with van der Waals surface area (Å²) in [6.45, 7) is 9.03. The van der Waals surface area contributed by atoms with E-state index in [1.54, 1.807) is 6.33 Å². The van der Waals surface area contributed by atoms with Crippen LogP contribution < -0.4 is 10.6 Å². The lowest BCUT2D eigenvalue weighted by Gasteiger charge is -2.39. The van der Waals surface area contributed by atoms with E-state index in [4.69, 9.17) is 5.73 Å². The number of aromatic nitrogens is 2. The van der Waals surface area contributed by atoms with E-state index < -0.39 is 0 Å². The third-order valence-corrected chi connectivity index (χ3v) is 4.66. The first kappa shape index (κ1) is 15.1. The Bertz CT molecular complexity index is 458. The van der Waals surface area contributed by atoms with Gasteiger partial charge in [-0.15, -0.1) is 0 Å². The number of anilines is 2. The second-order valence-corrected chi connectivity index (χ2v) is 7.16. The van der Waals surface area contributed by atoms with Crippen molar-refractivity contribution in [2.45, 2.75) is 65.3 Å². The molecular formula is C16H28N4. The molecule has 0 spiro atoms. The molecule has 0 saturated heterocycles. The van der Waals surface area contributed by atoms with Crippen molar-refractivity contribution in [3.05, 3.63) is 11.9 Å². The maximum atomic E-state index is 6.05. The van der Waals surface area contributed by atoms with Crippen LogP contribution in [0.4, 0.5) is 11.6 Å². The standard InChI is InChI=1S/C16H28N4/c1-11(2)13-14(17)18-10-19-15(13)20(5)12-6-8-16(3,4)9-7-12/h10-12H,6-9H2,1-5H3,(H2,17,18,19). The summed E-state index contributed by atoms with van der Waals surface area (Å²) in [5, 5.41) is 0. The quantitative estimate of drug-likeness (QED) is 0.916. The van der Waals surface area contributed by atoms with Gasteiger partial charge in [0.15, 0.2) is 0 Å². The molecule has 1 heterocycles. The number of nitrogen functional groups attached to an aromatic ring is 1. The van der Waals surface area contributed by atoms with Crippen LogP contribution in [0.5, 0.6) is 0 Å². The van der Waals surface area contributed by atoms with Crippen LogP contribution in [0.25, 0.3) is 0 Å². The van der Waals surface area contributed by atoms with Gasteiger partial charge in [0.2, 0.25) is 0 Å². The maximum absolute atomic E-state index is 6.05. The lowest BCUT2D eigenvalue weighted by molar-refractivity contribution is 0.222. The van der Waals surface area contributed by atoms with E-state index in [1.165, 1.54) is 25.7 Å². The van der Waals surface area contributed by atoms with Crippen molar-refractivity contribution in [1.29, 1.82) is 0 Å². The molecule has 0 bridgehead atoms. The SMILES string of the molecule is CC(C)c1c(N)ncnc1N(C)C1CCC(C)(C)CC1. The predicted molar refractivity (Wildman–Crippen MR) is 85.0 cm³/mol. The van der Waals surface area contributed by atoms with Crippen LogP contribution in [-0.2, 0) is 0 Å². The molecule has 2 N–H and O–H groups in total. The fraction of sp³-hybridized carbons (Fsp3) is 0.750. The second-order valence-electron chi connectivity index (χ2n) is 7.16. The third-order valence-electron chi connectivity index (χ3n) is 4.66. The summed E-state index contributed by atoms with van der Waals surface area (Å²) in [7, 11) is 2.15. The summed E-state index contributed by atoms with van der Waals surface area (Å²) in [5.74, 6) is 1.97. The van der Waals surface area contributed by atoms with Gasteiger partial charge in [-0.05, 0) is 37.0 Å². The Morgan fingerprint density at radius 1 is 1.25 bits per heavy atom. The highest BCUT2D eigenvalue weighted by atomic mass is 15.2. The van der Waals surface area contributed by atoms with E-state index in [1.807, 2.05) is 0 Å². The monoisotopic (exact) mass is 276 g/mol. The molecule has 0 aliphatic heterocycles. The zero-order chi connectivity index (χ0) is 14.9. The van der Waals surface area contributed by atoms with Gasteiger partial charge in [-0.1, -0.05) is 27.7 Å². The molecule has 0 unspecified atom stereocenters. The first-order valence-corrected chi connectivity index (χ1v) is 7.65. The van der Waals surface area contributed by atoms with Gasteiger partial charge >= 0.3 is 0 Å². The Kier molecular flexibility index (Phi) is 4.21. The molecule has 4 heteroatoms. The number of rotatable bonds is 3. The molecular weight excluding hydrogens is 248 g/mol. The molecule has 1 aliphatic carbocycles. The van der Waals surface area contributed by atoms with Gasteiger partial charge < -0.3 is 10.6 Å². The van der Waals surface area contributed by atoms with Gasteiger partial charge in [0.1, 0.15) is 18.0 Å². The predicted octanol–water partition coefficient (Wildman–Crippen LogP) is 3.59. The normalized spacial score (nSPS) is 19.3. The summed E-state index contributed by atoms with van der Waals surface area (Å²) in [4.78, 5) is 11.0. The molecule has 1 aromatic heterocycles. The van der Waals surface area contributed by atoms with Gasteiger partial charge in [-0.2, -0.15) is 0 Å². The van der Waals surface area contributed by atoms with Crippen molar-refractivity contribution >= 4 is 11.6 Å². The number of nitrogens with zero attached hydrogens (tertiary/aromatic N) is 3. The zero-order valence-corrected chi connectivity index (χ0v) is 13.5. The van der Waals surface area contributed by atoms with E-state index in [9.17, 15) is 0 Å². The highest BCUT2D eigenvalue weighted by molar-refractivity contribution is 5.58. The Balaban J connectivity index is 2.22. The molecule has 1 aromatic rings. The Morgan fingerprint density at radius 2 is 1.85 bits per heavy atom. The average Bonchev–Trinajstić information content (AvgIpc) is 2.37. The van der Waals surface area contributed by atoms with E-state index in [0.29, 0.717) is 23.2 Å². The molecule has 0 atom stereocenters. The highest BCUT2D eigenvalue weighted by Crippen LogP contribution is 2.39. The maximum Gasteiger partial charge on any atom is 0.137 e. The number of hydrogen-bond donors (Lipinski definition) is 1. The van der Waals surface area contributed by atoms with Crippen LogP contribution in [0.1, 0.15) is 64.9 Å². The van der Waals surface area contributed by atoms with E-state index in [-0.39, 0.29) is 0 Å². The van der Waals surface area contributed by atoms with Crippen LogP contribution in [0.3, 0.4) is 0 Å². The second kappa shape index (κ2) is 5.58. The minimum absolute atomic E-state index is 0.341. The summed E-state index contributed by atoms with van der Waals surface area (Å²) >= 11 is 0. The van der Waals surface area contributed by atoms with Gasteiger partial charge in [0, 0.05) is 18.7 Å². The van der Waals surface area contributed by atoms with Crippen LogP contribution in [0.2, 0.25) is 0 Å².